The zero-order valence-corrected chi connectivity index (χ0v) is 10.5. The van der Waals surface area contributed by atoms with Crippen LogP contribution in [0.4, 0.5) is 5.69 Å². The van der Waals surface area contributed by atoms with Crippen molar-refractivity contribution in [3.63, 3.8) is 0 Å². The average Bonchev–Trinajstić information content (AvgIpc) is 2.91. The van der Waals surface area contributed by atoms with Crippen LogP contribution in [0.25, 0.3) is 0 Å². The number of nitro groups is 1. The van der Waals surface area contributed by atoms with Crippen molar-refractivity contribution in [1.82, 2.24) is 15.2 Å². The summed E-state index contributed by atoms with van der Waals surface area (Å²) in [6, 6.07) is 3.95. The molecule has 19 heavy (non-hydrogen) atoms. The Hall–Kier alpha value is -2.42. The molecule has 0 amide bonds. The summed E-state index contributed by atoms with van der Waals surface area (Å²) in [5.74, 6) is -0.647. The number of rotatable bonds is 4. The molecule has 0 aliphatic carbocycles. The van der Waals surface area contributed by atoms with Crippen molar-refractivity contribution in [3.8, 4) is 0 Å². The first-order valence-electron chi connectivity index (χ1n) is 5.02. The van der Waals surface area contributed by atoms with Gasteiger partial charge in [0.2, 0.25) is 0 Å². The molecule has 0 unspecified atom stereocenters. The third-order valence-corrected chi connectivity index (χ3v) is 3.14. The number of aromatic amines is 1. The van der Waals surface area contributed by atoms with Crippen molar-refractivity contribution in [2.45, 2.75) is 10.1 Å². The first kappa shape index (κ1) is 13.0. The highest BCUT2D eigenvalue weighted by atomic mass is 32.2. The van der Waals surface area contributed by atoms with Gasteiger partial charge in [-0.25, -0.2) is 9.78 Å². The number of nitro benzene ring substituents is 1. The quantitative estimate of drug-likeness (QED) is 0.515. The van der Waals surface area contributed by atoms with E-state index in [-0.39, 0.29) is 11.3 Å². The molecule has 0 atom stereocenters. The highest BCUT2D eigenvalue weighted by molar-refractivity contribution is 7.99. The van der Waals surface area contributed by atoms with E-state index in [1.807, 2.05) is 0 Å². The summed E-state index contributed by atoms with van der Waals surface area (Å²) in [5, 5.41) is 17.5. The maximum Gasteiger partial charge on any atom is 0.339 e. The predicted molar refractivity (Wildman–Crippen MR) is 64.9 cm³/mol. The molecule has 0 aliphatic rings. The van der Waals surface area contributed by atoms with Gasteiger partial charge in [0.1, 0.15) is 6.33 Å². The van der Waals surface area contributed by atoms with Gasteiger partial charge in [-0.2, -0.15) is 5.10 Å². The van der Waals surface area contributed by atoms with Gasteiger partial charge in [-0.1, -0.05) is 0 Å². The maximum absolute atomic E-state index is 11.6. The Morgan fingerprint density at radius 2 is 2.32 bits per heavy atom. The van der Waals surface area contributed by atoms with E-state index in [4.69, 9.17) is 0 Å². The number of benzene rings is 1. The number of nitrogens with zero attached hydrogens (tertiary/aromatic N) is 3. The number of H-pyrrole nitrogens is 1. The van der Waals surface area contributed by atoms with Gasteiger partial charge in [-0.3, -0.25) is 15.2 Å². The largest absolute Gasteiger partial charge is 0.465 e. The molecular formula is C10H8N4O4S. The van der Waals surface area contributed by atoms with Crippen molar-refractivity contribution in [2.75, 3.05) is 7.11 Å². The highest BCUT2D eigenvalue weighted by Gasteiger charge is 2.18. The van der Waals surface area contributed by atoms with Gasteiger partial charge < -0.3 is 4.74 Å². The molecule has 0 saturated carbocycles. The number of esters is 1. The number of nitrogens with one attached hydrogen (secondary N) is 1. The van der Waals surface area contributed by atoms with Crippen LogP contribution in [0.15, 0.2) is 34.6 Å². The molecule has 1 N–H and O–H groups in total. The smallest absolute Gasteiger partial charge is 0.339 e. The molecule has 1 aromatic carbocycles. The molecular weight excluding hydrogens is 272 g/mol. The second-order valence-electron chi connectivity index (χ2n) is 3.32. The van der Waals surface area contributed by atoms with Gasteiger partial charge in [0.25, 0.3) is 5.69 Å². The van der Waals surface area contributed by atoms with Crippen LogP contribution in [0.3, 0.4) is 0 Å². The Morgan fingerprint density at radius 1 is 1.53 bits per heavy atom. The highest BCUT2D eigenvalue weighted by Crippen LogP contribution is 2.30. The fraction of sp³-hybridized carbons (Fsp3) is 0.100. The molecule has 1 heterocycles. The van der Waals surface area contributed by atoms with Gasteiger partial charge in [-0.15, -0.1) is 0 Å². The predicted octanol–water partition coefficient (Wildman–Crippen LogP) is 1.65. The molecule has 2 aromatic rings. The maximum atomic E-state index is 11.6. The number of hydrogen-bond donors (Lipinski definition) is 1. The van der Waals surface area contributed by atoms with Crippen LogP contribution in [-0.4, -0.2) is 33.2 Å². The fourth-order valence-corrected chi connectivity index (χ4v) is 2.13. The second kappa shape index (κ2) is 5.48. The summed E-state index contributed by atoms with van der Waals surface area (Å²) in [4.78, 5) is 26.2. The van der Waals surface area contributed by atoms with Crippen LogP contribution >= 0.6 is 11.8 Å². The third kappa shape index (κ3) is 2.88. The van der Waals surface area contributed by atoms with Crippen LogP contribution in [-0.2, 0) is 4.74 Å². The summed E-state index contributed by atoms with van der Waals surface area (Å²) in [6.45, 7) is 0. The Kier molecular flexibility index (Phi) is 3.76. The molecule has 0 radical (unpaired) electrons. The molecule has 0 bridgehead atoms. The first-order chi connectivity index (χ1) is 9.11. The lowest BCUT2D eigenvalue weighted by atomic mass is 10.2. The molecule has 0 spiro atoms. The molecule has 1 aromatic heterocycles. The van der Waals surface area contributed by atoms with E-state index >= 15 is 0 Å². The molecule has 8 nitrogen and oxygen atoms in total. The number of non-ortho nitro benzene ring substituents is 1. The standard InChI is InChI=1S/C10H8N4O4S/c1-18-9(15)7-4-6(14(16)17)2-3-8(7)19-10-11-5-12-13-10/h2-5H,1H3,(H,11,12,13). The number of carbonyl (C=O) groups is 1. The van der Waals surface area contributed by atoms with Crippen LogP contribution in [0, 0.1) is 10.1 Å². The van der Waals surface area contributed by atoms with E-state index in [0.29, 0.717) is 10.1 Å². The summed E-state index contributed by atoms with van der Waals surface area (Å²) in [7, 11) is 1.21. The summed E-state index contributed by atoms with van der Waals surface area (Å²) in [5.41, 5.74) is -0.0691. The lowest BCUT2D eigenvalue weighted by Crippen LogP contribution is -2.04. The zero-order valence-electron chi connectivity index (χ0n) is 9.69. The molecule has 98 valence electrons. The molecule has 0 saturated heterocycles. The van der Waals surface area contributed by atoms with Crippen LogP contribution < -0.4 is 0 Å². The summed E-state index contributed by atoms with van der Waals surface area (Å²) < 4.78 is 4.61. The van der Waals surface area contributed by atoms with E-state index in [1.165, 1.54) is 31.6 Å². The van der Waals surface area contributed by atoms with Crippen molar-refractivity contribution in [3.05, 3.63) is 40.2 Å². The average molecular weight is 280 g/mol. The minimum atomic E-state index is -0.647. The van der Waals surface area contributed by atoms with E-state index in [2.05, 4.69) is 19.9 Å². The van der Waals surface area contributed by atoms with Gasteiger partial charge in [-0.05, 0) is 17.8 Å². The second-order valence-corrected chi connectivity index (χ2v) is 4.35. The van der Waals surface area contributed by atoms with Gasteiger partial charge in [0, 0.05) is 17.0 Å². The van der Waals surface area contributed by atoms with E-state index in [9.17, 15) is 14.9 Å². The minimum Gasteiger partial charge on any atom is -0.465 e. The van der Waals surface area contributed by atoms with Crippen LogP contribution in [0.1, 0.15) is 10.4 Å². The van der Waals surface area contributed by atoms with Crippen molar-refractivity contribution in [1.29, 1.82) is 0 Å². The van der Waals surface area contributed by atoms with Gasteiger partial charge in [0.15, 0.2) is 5.16 Å². The fourth-order valence-electron chi connectivity index (χ4n) is 1.34. The lowest BCUT2D eigenvalue weighted by molar-refractivity contribution is -0.384. The van der Waals surface area contributed by atoms with Gasteiger partial charge in [0.05, 0.1) is 17.6 Å². The molecule has 2 rings (SSSR count). The van der Waals surface area contributed by atoms with Crippen LogP contribution in [0.5, 0.6) is 0 Å². The Bertz CT molecular complexity index is 614. The van der Waals surface area contributed by atoms with E-state index in [1.54, 1.807) is 0 Å². The first-order valence-corrected chi connectivity index (χ1v) is 5.83. The summed E-state index contributed by atoms with van der Waals surface area (Å²) in [6.07, 6.45) is 1.32. The topological polar surface area (TPSA) is 111 Å². The van der Waals surface area contributed by atoms with Crippen LogP contribution in [0.2, 0.25) is 0 Å². The summed E-state index contributed by atoms with van der Waals surface area (Å²) >= 11 is 1.13. The number of carbonyl (C=O) groups excluding carboxylic acids is 1. The lowest BCUT2D eigenvalue weighted by Gasteiger charge is -2.05. The molecule has 0 aliphatic heterocycles. The minimum absolute atomic E-state index is 0.109. The monoisotopic (exact) mass is 280 g/mol. The zero-order chi connectivity index (χ0) is 13.8. The van der Waals surface area contributed by atoms with Gasteiger partial charge >= 0.3 is 5.97 Å². The van der Waals surface area contributed by atoms with E-state index < -0.39 is 10.9 Å². The molecule has 9 heteroatoms. The number of aromatic nitrogens is 3. The number of methoxy groups -OCH3 is 1. The third-order valence-electron chi connectivity index (χ3n) is 2.18. The van der Waals surface area contributed by atoms with E-state index in [0.717, 1.165) is 11.8 Å². The molecule has 0 fully saturated rings. The number of ether oxygens (including phenoxy) is 1. The van der Waals surface area contributed by atoms with Crippen molar-refractivity contribution in [2.24, 2.45) is 0 Å². The van der Waals surface area contributed by atoms with Crippen molar-refractivity contribution >= 4 is 23.4 Å². The van der Waals surface area contributed by atoms with Crippen molar-refractivity contribution < 1.29 is 14.5 Å². The Balaban J connectivity index is 2.41. The Morgan fingerprint density at radius 3 is 2.89 bits per heavy atom. The Labute approximate surface area is 111 Å². The number of hydrogen-bond acceptors (Lipinski definition) is 7. The normalized spacial score (nSPS) is 10.2. The SMILES string of the molecule is COC(=O)c1cc([N+](=O)[O-])ccc1Sc1ncn[nH]1.